The third kappa shape index (κ3) is 4.25. The fourth-order valence-corrected chi connectivity index (χ4v) is 3.50. The first-order chi connectivity index (χ1) is 14.2. The molecule has 2 aromatic carbocycles. The molecule has 4 aromatic rings. The van der Waals surface area contributed by atoms with Crippen LogP contribution in [0, 0.1) is 0 Å². The first-order valence-corrected chi connectivity index (χ1v) is 9.79. The number of amides is 1. The van der Waals surface area contributed by atoms with Crippen LogP contribution in [-0.4, -0.2) is 29.0 Å². The minimum Gasteiger partial charge on any atom is -0.497 e. The van der Waals surface area contributed by atoms with Crippen molar-refractivity contribution in [3.8, 4) is 22.0 Å². The molecule has 2 aromatic heterocycles. The van der Waals surface area contributed by atoms with E-state index in [1.165, 1.54) is 0 Å². The third-order valence-corrected chi connectivity index (χ3v) is 5.12. The van der Waals surface area contributed by atoms with E-state index in [-0.39, 0.29) is 5.91 Å². The van der Waals surface area contributed by atoms with E-state index < -0.39 is 0 Å². The number of nitrogens with one attached hydrogen (secondary N) is 1. The molecular weight excluding hydrogens is 384 g/mol. The van der Waals surface area contributed by atoms with E-state index in [0.29, 0.717) is 11.3 Å². The van der Waals surface area contributed by atoms with E-state index in [1.54, 1.807) is 48.9 Å². The van der Waals surface area contributed by atoms with Crippen LogP contribution in [0.3, 0.4) is 0 Å². The molecule has 0 aliphatic heterocycles. The van der Waals surface area contributed by atoms with Crippen molar-refractivity contribution in [2.45, 2.75) is 0 Å². The number of aromatic nitrogens is 2. The maximum absolute atomic E-state index is 12.3. The second-order valence-electron chi connectivity index (χ2n) is 6.12. The van der Waals surface area contributed by atoms with E-state index in [2.05, 4.69) is 10.5 Å². The van der Waals surface area contributed by atoms with Gasteiger partial charge in [0, 0.05) is 17.3 Å². The highest BCUT2D eigenvalue weighted by atomic mass is 32.1. The van der Waals surface area contributed by atoms with Gasteiger partial charge in [-0.1, -0.05) is 24.3 Å². The van der Waals surface area contributed by atoms with E-state index >= 15 is 0 Å². The van der Waals surface area contributed by atoms with Gasteiger partial charge in [0.15, 0.2) is 0 Å². The molecule has 4 rings (SSSR count). The van der Waals surface area contributed by atoms with Gasteiger partial charge in [-0.3, -0.25) is 4.79 Å². The van der Waals surface area contributed by atoms with Crippen LogP contribution in [-0.2, 0) is 0 Å². The number of thiophene rings is 1. The Labute approximate surface area is 172 Å². The molecule has 1 amide bonds. The quantitative estimate of drug-likeness (QED) is 0.385. The maximum Gasteiger partial charge on any atom is 0.271 e. The summed E-state index contributed by atoms with van der Waals surface area (Å²) < 4.78 is 6.91. The number of rotatable bonds is 6. The number of nitrogens with zero attached hydrogens (tertiary/aromatic N) is 3. The Morgan fingerprint density at radius 3 is 2.59 bits per heavy atom. The average Bonchev–Trinajstić information content (AvgIpc) is 3.44. The lowest BCUT2D eigenvalue weighted by Crippen LogP contribution is -2.17. The molecule has 0 radical (unpaired) electrons. The summed E-state index contributed by atoms with van der Waals surface area (Å²) in [5.41, 5.74) is 5.64. The van der Waals surface area contributed by atoms with E-state index in [4.69, 9.17) is 9.84 Å². The summed E-state index contributed by atoms with van der Waals surface area (Å²) >= 11 is 1.60. The Kier molecular flexibility index (Phi) is 5.49. The summed E-state index contributed by atoms with van der Waals surface area (Å²) in [6.07, 6.45) is 3.51. The fourth-order valence-electron chi connectivity index (χ4n) is 2.77. The van der Waals surface area contributed by atoms with Gasteiger partial charge in [0.05, 0.1) is 23.9 Å². The molecule has 0 aliphatic rings. The van der Waals surface area contributed by atoms with Gasteiger partial charge in [0.2, 0.25) is 0 Å². The van der Waals surface area contributed by atoms with Crippen LogP contribution in [0.25, 0.3) is 16.3 Å². The molecule has 144 valence electrons. The van der Waals surface area contributed by atoms with Crippen LogP contribution in [0.4, 0.5) is 0 Å². The van der Waals surface area contributed by atoms with Gasteiger partial charge in [-0.05, 0) is 47.8 Å². The Hall–Kier alpha value is -3.71. The highest BCUT2D eigenvalue weighted by Crippen LogP contribution is 2.26. The van der Waals surface area contributed by atoms with Crippen molar-refractivity contribution < 1.29 is 9.53 Å². The first-order valence-electron chi connectivity index (χ1n) is 8.91. The lowest BCUT2D eigenvalue weighted by atomic mass is 10.2. The first kappa shape index (κ1) is 18.6. The molecule has 0 saturated heterocycles. The molecule has 0 unspecified atom stereocenters. The molecule has 1 N–H and O–H groups in total. The molecule has 6 nitrogen and oxygen atoms in total. The van der Waals surface area contributed by atoms with Crippen molar-refractivity contribution >= 4 is 23.5 Å². The number of carbonyl (C=O) groups excluding carboxylic acids is 1. The monoisotopic (exact) mass is 402 g/mol. The lowest BCUT2D eigenvalue weighted by molar-refractivity contribution is 0.0955. The zero-order valence-corrected chi connectivity index (χ0v) is 16.5. The summed E-state index contributed by atoms with van der Waals surface area (Å²) in [7, 11) is 1.58. The van der Waals surface area contributed by atoms with Crippen LogP contribution in [0.2, 0.25) is 0 Å². The van der Waals surface area contributed by atoms with Gasteiger partial charge in [0.25, 0.3) is 5.91 Å². The number of hydrogen-bond acceptors (Lipinski definition) is 5. The number of carbonyl (C=O) groups is 1. The average molecular weight is 402 g/mol. The van der Waals surface area contributed by atoms with E-state index in [1.807, 2.05) is 58.7 Å². The van der Waals surface area contributed by atoms with Crippen LogP contribution in [0.1, 0.15) is 15.9 Å². The summed E-state index contributed by atoms with van der Waals surface area (Å²) in [5.74, 6) is 0.399. The molecule has 0 atom stereocenters. The molecular formula is C22H18N4O2S. The number of hydrazone groups is 1. The molecule has 0 aliphatic carbocycles. The number of methoxy groups -OCH3 is 1. The molecule has 0 saturated carbocycles. The number of para-hydroxylation sites is 1. The van der Waals surface area contributed by atoms with Crippen molar-refractivity contribution in [1.82, 2.24) is 15.2 Å². The normalized spacial score (nSPS) is 10.9. The Balaban J connectivity index is 1.56. The van der Waals surface area contributed by atoms with Crippen LogP contribution < -0.4 is 10.2 Å². The minimum atomic E-state index is -0.294. The summed E-state index contributed by atoms with van der Waals surface area (Å²) in [5, 5.41) is 10.8. The second kappa shape index (κ2) is 8.53. The number of ether oxygens (including phenoxy) is 1. The topological polar surface area (TPSA) is 68.5 Å². The van der Waals surface area contributed by atoms with Gasteiger partial charge in [-0.25, -0.2) is 10.1 Å². The molecule has 2 heterocycles. The van der Waals surface area contributed by atoms with Crippen molar-refractivity contribution in [3.63, 3.8) is 0 Å². The van der Waals surface area contributed by atoms with E-state index in [9.17, 15) is 4.79 Å². The smallest absolute Gasteiger partial charge is 0.271 e. The third-order valence-electron chi connectivity index (χ3n) is 4.24. The van der Waals surface area contributed by atoms with Gasteiger partial charge < -0.3 is 4.74 Å². The second-order valence-corrected chi connectivity index (χ2v) is 7.07. The summed E-state index contributed by atoms with van der Waals surface area (Å²) in [6.45, 7) is 0. The van der Waals surface area contributed by atoms with Crippen LogP contribution >= 0.6 is 11.3 Å². The molecule has 0 bridgehead atoms. The SMILES string of the molecule is COc1ccc(C(=O)N/N=C\c2cn(-c3ccccc3)nc2-c2cccs2)cc1. The standard InChI is InChI=1S/C22H18N4O2S/c1-28-19-11-9-16(10-12-19)22(27)24-23-14-17-15-26(18-6-3-2-4-7-18)25-21(17)20-8-5-13-29-20/h2-15H,1H3,(H,24,27)/b23-14-. The van der Waals surface area contributed by atoms with Crippen molar-refractivity contribution in [2.75, 3.05) is 7.11 Å². The van der Waals surface area contributed by atoms with Gasteiger partial charge >= 0.3 is 0 Å². The van der Waals surface area contributed by atoms with Gasteiger partial charge in [0.1, 0.15) is 11.4 Å². The van der Waals surface area contributed by atoms with Crippen molar-refractivity contribution in [3.05, 3.63) is 89.4 Å². The summed E-state index contributed by atoms with van der Waals surface area (Å²) in [6, 6.07) is 20.7. The number of hydrogen-bond donors (Lipinski definition) is 1. The van der Waals surface area contributed by atoms with Crippen molar-refractivity contribution in [2.24, 2.45) is 5.10 Å². The molecule has 0 spiro atoms. The zero-order chi connectivity index (χ0) is 20.1. The Morgan fingerprint density at radius 2 is 1.90 bits per heavy atom. The number of benzene rings is 2. The Morgan fingerprint density at radius 1 is 1.10 bits per heavy atom. The largest absolute Gasteiger partial charge is 0.497 e. The molecule has 29 heavy (non-hydrogen) atoms. The zero-order valence-electron chi connectivity index (χ0n) is 15.6. The van der Waals surface area contributed by atoms with Crippen LogP contribution in [0.15, 0.2) is 83.4 Å². The Bertz CT molecular complexity index is 1120. The molecule has 0 fully saturated rings. The highest BCUT2D eigenvalue weighted by molar-refractivity contribution is 7.13. The fraction of sp³-hybridized carbons (Fsp3) is 0.0455. The van der Waals surface area contributed by atoms with Gasteiger partial charge in [-0.15, -0.1) is 11.3 Å². The predicted molar refractivity (Wildman–Crippen MR) is 115 cm³/mol. The van der Waals surface area contributed by atoms with Crippen LogP contribution in [0.5, 0.6) is 5.75 Å². The molecule has 7 heteroatoms. The minimum absolute atomic E-state index is 0.294. The van der Waals surface area contributed by atoms with E-state index in [0.717, 1.165) is 21.8 Å². The summed E-state index contributed by atoms with van der Waals surface area (Å²) in [4.78, 5) is 13.3. The lowest BCUT2D eigenvalue weighted by Gasteiger charge is -2.02. The highest BCUT2D eigenvalue weighted by Gasteiger charge is 2.12. The van der Waals surface area contributed by atoms with Gasteiger partial charge in [-0.2, -0.15) is 10.2 Å². The maximum atomic E-state index is 12.3. The van der Waals surface area contributed by atoms with Crippen molar-refractivity contribution in [1.29, 1.82) is 0 Å². The predicted octanol–water partition coefficient (Wildman–Crippen LogP) is 4.37.